The minimum Gasteiger partial charge on any atom is -0.229 e. The highest BCUT2D eigenvalue weighted by atomic mass is 32.2. The van der Waals surface area contributed by atoms with Gasteiger partial charge in [-0.3, -0.25) is 0 Å². The standard InChI is InChI=1S/C15H22N2O6S3/c1-15(8-11-24(18,19)12-15)16-25(20,21)13-4-6-14(7-5-13)26(22,23)17-9-2-3-10-17/h4-7,16H,2-3,8-12H2,1H3. The number of rotatable bonds is 5. The second-order valence-corrected chi connectivity index (χ2v) is 12.9. The highest BCUT2D eigenvalue weighted by Crippen LogP contribution is 2.26. The number of hydrogen-bond acceptors (Lipinski definition) is 6. The lowest BCUT2D eigenvalue weighted by atomic mass is 10.0. The van der Waals surface area contributed by atoms with Gasteiger partial charge < -0.3 is 0 Å². The van der Waals surface area contributed by atoms with Crippen LogP contribution in [0.25, 0.3) is 0 Å². The Kier molecular flexibility index (Phi) is 4.98. The van der Waals surface area contributed by atoms with Gasteiger partial charge in [-0.25, -0.2) is 30.0 Å². The summed E-state index contributed by atoms with van der Waals surface area (Å²) in [5.41, 5.74) is -1.06. The Morgan fingerprint density at radius 3 is 2.04 bits per heavy atom. The first-order valence-corrected chi connectivity index (χ1v) is 13.0. The normalized spacial score (nSPS) is 27.0. The lowest BCUT2D eigenvalue weighted by Gasteiger charge is -2.23. The van der Waals surface area contributed by atoms with Crippen molar-refractivity contribution in [1.29, 1.82) is 0 Å². The van der Waals surface area contributed by atoms with Gasteiger partial charge in [-0.15, -0.1) is 0 Å². The summed E-state index contributed by atoms with van der Waals surface area (Å²) in [6.07, 6.45) is 1.84. The van der Waals surface area contributed by atoms with Crippen LogP contribution in [0.15, 0.2) is 34.1 Å². The molecule has 3 rings (SSSR count). The third-order valence-corrected chi connectivity index (χ3v) is 10.2. The molecule has 26 heavy (non-hydrogen) atoms. The van der Waals surface area contributed by atoms with Crippen LogP contribution in [0.5, 0.6) is 0 Å². The SMILES string of the molecule is CC1(NS(=O)(=O)c2ccc(S(=O)(=O)N3CCCC3)cc2)CCS(=O)(=O)C1. The molecule has 11 heteroatoms. The molecule has 1 N–H and O–H groups in total. The van der Waals surface area contributed by atoms with Gasteiger partial charge in [0.05, 0.1) is 21.3 Å². The maximum atomic E-state index is 12.6. The molecule has 0 aliphatic carbocycles. The van der Waals surface area contributed by atoms with Gasteiger partial charge in [0.2, 0.25) is 20.0 Å². The Morgan fingerprint density at radius 1 is 1.00 bits per heavy atom. The summed E-state index contributed by atoms with van der Waals surface area (Å²) < 4.78 is 77.2. The molecule has 1 unspecified atom stereocenters. The molecule has 2 heterocycles. The van der Waals surface area contributed by atoms with E-state index >= 15 is 0 Å². The average molecular weight is 423 g/mol. The van der Waals surface area contributed by atoms with Crippen LogP contribution >= 0.6 is 0 Å². The summed E-state index contributed by atoms with van der Waals surface area (Å²) in [5, 5.41) is 0. The van der Waals surface area contributed by atoms with Crippen LogP contribution < -0.4 is 4.72 Å². The Labute approximate surface area is 154 Å². The molecule has 0 saturated carbocycles. The molecule has 0 spiro atoms. The van der Waals surface area contributed by atoms with E-state index in [1.165, 1.54) is 28.6 Å². The third-order valence-electron chi connectivity index (χ3n) is 4.72. The molecule has 1 aromatic rings. The fraction of sp³-hybridized carbons (Fsp3) is 0.600. The van der Waals surface area contributed by atoms with Gasteiger partial charge in [-0.2, -0.15) is 4.31 Å². The molecule has 0 bridgehead atoms. The summed E-state index contributed by atoms with van der Waals surface area (Å²) in [5.74, 6) is -0.306. The Morgan fingerprint density at radius 2 is 1.54 bits per heavy atom. The van der Waals surface area contributed by atoms with Crippen molar-refractivity contribution in [3.05, 3.63) is 24.3 Å². The molecule has 2 saturated heterocycles. The van der Waals surface area contributed by atoms with Gasteiger partial charge in [0, 0.05) is 18.6 Å². The Bertz CT molecular complexity index is 994. The van der Waals surface area contributed by atoms with E-state index in [4.69, 9.17) is 0 Å². The summed E-state index contributed by atoms with van der Waals surface area (Å²) in [4.78, 5) is -0.0450. The van der Waals surface area contributed by atoms with Crippen LogP contribution in [0.2, 0.25) is 0 Å². The van der Waals surface area contributed by atoms with E-state index in [0.717, 1.165) is 12.8 Å². The maximum Gasteiger partial charge on any atom is 0.243 e. The van der Waals surface area contributed by atoms with Crippen LogP contribution in [0.4, 0.5) is 0 Å². The molecule has 8 nitrogen and oxygen atoms in total. The van der Waals surface area contributed by atoms with Gasteiger partial charge in [0.15, 0.2) is 9.84 Å². The first kappa shape index (κ1) is 19.7. The van der Waals surface area contributed by atoms with Crippen molar-refractivity contribution in [3.8, 4) is 0 Å². The second-order valence-electron chi connectivity index (χ2n) is 7.09. The highest BCUT2D eigenvalue weighted by molar-refractivity contribution is 7.92. The molecule has 2 aliphatic heterocycles. The summed E-state index contributed by atoms with van der Waals surface area (Å²) >= 11 is 0. The number of nitrogens with zero attached hydrogens (tertiary/aromatic N) is 1. The zero-order chi connectivity index (χ0) is 19.2. The summed E-state index contributed by atoms with van der Waals surface area (Å²) in [7, 11) is -10.8. The van der Waals surface area contributed by atoms with Gasteiger partial charge in [0.1, 0.15) is 0 Å². The number of sulfonamides is 2. The Balaban J connectivity index is 1.81. The minimum absolute atomic E-state index is 0.0491. The minimum atomic E-state index is -3.96. The second kappa shape index (κ2) is 6.55. The largest absolute Gasteiger partial charge is 0.243 e. The number of hydrogen-bond donors (Lipinski definition) is 1. The predicted molar refractivity (Wildman–Crippen MR) is 96.4 cm³/mol. The van der Waals surface area contributed by atoms with E-state index in [2.05, 4.69) is 4.72 Å². The van der Waals surface area contributed by atoms with Gasteiger partial charge in [-0.05, 0) is 50.5 Å². The molecular weight excluding hydrogens is 400 g/mol. The first-order valence-electron chi connectivity index (χ1n) is 8.28. The van der Waals surface area contributed by atoms with E-state index in [1.807, 2.05) is 0 Å². The van der Waals surface area contributed by atoms with Crippen molar-refractivity contribution < 1.29 is 25.3 Å². The van der Waals surface area contributed by atoms with Gasteiger partial charge in [-0.1, -0.05) is 0 Å². The van der Waals surface area contributed by atoms with Crippen LogP contribution in [0, 0.1) is 0 Å². The van der Waals surface area contributed by atoms with E-state index in [9.17, 15) is 25.3 Å². The van der Waals surface area contributed by atoms with E-state index in [1.54, 1.807) is 6.92 Å². The molecule has 2 aliphatic rings. The Hall–Kier alpha value is -1.01. The first-order chi connectivity index (χ1) is 11.9. The van der Waals surface area contributed by atoms with Crippen LogP contribution in [-0.4, -0.2) is 59.7 Å². The van der Waals surface area contributed by atoms with Crippen LogP contribution in [0.3, 0.4) is 0 Å². The molecule has 2 fully saturated rings. The zero-order valence-corrected chi connectivity index (χ0v) is 16.8. The van der Waals surface area contributed by atoms with Crippen molar-refractivity contribution in [2.45, 2.75) is 41.5 Å². The van der Waals surface area contributed by atoms with E-state index in [0.29, 0.717) is 13.1 Å². The van der Waals surface area contributed by atoms with Crippen LogP contribution in [-0.2, 0) is 29.9 Å². The summed E-state index contributed by atoms with van der Waals surface area (Å²) in [6.45, 7) is 2.49. The maximum absolute atomic E-state index is 12.6. The molecule has 0 radical (unpaired) electrons. The lowest BCUT2D eigenvalue weighted by molar-refractivity contribution is 0.461. The van der Waals surface area contributed by atoms with Crippen molar-refractivity contribution in [1.82, 2.24) is 9.03 Å². The lowest BCUT2D eigenvalue weighted by Crippen LogP contribution is -2.46. The van der Waals surface area contributed by atoms with Crippen molar-refractivity contribution in [2.24, 2.45) is 0 Å². The average Bonchev–Trinajstić information content (AvgIpc) is 3.15. The van der Waals surface area contributed by atoms with E-state index < -0.39 is 35.4 Å². The monoisotopic (exact) mass is 422 g/mol. The smallest absolute Gasteiger partial charge is 0.229 e. The molecule has 1 atom stereocenters. The number of sulfone groups is 1. The fourth-order valence-electron chi connectivity index (χ4n) is 3.34. The van der Waals surface area contributed by atoms with Crippen molar-refractivity contribution in [3.63, 3.8) is 0 Å². The topological polar surface area (TPSA) is 118 Å². The van der Waals surface area contributed by atoms with Gasteiger partial charge >= 0.3 is 0 Å². The quantitative estimate of drug-likeness (QED) is 0.730. The molecular formula is C15H22N2O6S3. The van der Waals surface area contributed by atoms with Crippen molar-refractivity contribution >= 4 is 29.9 Å². The number of nitrogens with one attached hydrogen (secondary N) is 1. The fourth-order valence-corrected chi connectivity index (χ4v) is 8.48. The predicted octanol–water partition coefficient (Wildman–Crippen LogP) is 0.327. The van der Waals surface area contributed by atoms with Crippen molar-refractivity contribution in [2.75, 3.05) is 24.6 Å². The third kappa shape index (κ3) is 3.96. The molecule has 0 aromatic heterocycles. The highest BCUT2D eigenvalue weighted by Gasteiger charge is 2.41. The van der Waals surface area contributed by atoms with Crippen LogP contribution in [0.1, 0.15) is 26.2 Å². The summed E-state index contributed by atoms with van der Waals surface area (Å²) in [6, 6.07) is 5.02. The molecule has 146 valence electrons. The van der Waals surface area contributed by atoms with Gasteiger partial charge in [0.25, 0.3) is 0 Å². The number of benzene rings is 1. The van der Waals surface area contributed by atoms with E-state index in [-0.39, 0.29) is 27.7 Å². The molecule has 1 aromatic carbocycles. The zero-order valence-electron chi connectivity index (χ0n) is 14.4. The molecule has 0 amide bonds.